The number of carbonyl (C=O) groups excluding carboxylic acids is 1. The highest BCUT2D eigenvalue weighted by Crippen LogP contribution is 2.32. The largest absolute Gasteiger partial charge is 0.618 e. The summed E-state index contributed by atoms with van der Waals surface area (Å²) in [6, 6.07) is 15.8. The second-order valence-corrected chi connectivity index (χ2v) is 9.19. The molecular weight excluding hydrogens is 435 g/mol. The van der Waals surface area contributed by atoms with Gasteiger partial charge in [-0.15, -0.1) is 0 Å². The normalized spacial score (nSPS) is 16.6. The van der Waals surface area contributed by atoms with E-state index in [1.165, 1.54) is 30.3 Å². The smallest absolute Gasteiger partial charge is 0.317 e. The topological polar surface area (TPSA) is 99.4 Å². The third-order valence-corrected chi connectivity index (χ3v) is 6.29. The number of benzene rings is 2. The molecule has 3 aromatic rings. The number of hydrogen-bond acceptors (Lipinski definition) is 5. The van der Waals surface area contributed by atoms with E-state index in [2.05, 4.69) is 5.32 Å². The number of nitrogens with one attached hydrogen (secondary N) is 1. The van der Waals surface area contributed by atoms with Crippen LogP contribution in [0.4, 0.5) is 4.39 Å². The van der Waals surface area contributed by atoms with Crippen LogP contribution in [-0.4, -0.2) is 26.1 Å². The second kappa shape index (κ2) is 8.80. The fourth-order valence-electron chi connectivity index (χ4n) is 3.34. The predicted octanol–water partition coefficient (Wildman–Crippen LogP) is 2.75. The van der Waals surface area contributed by atoms with E-state index < -0.39 is 27.6 Å². The number of halogens is 1. The van der Waals surface area contributed by atoms with Crippen molar-refractivity contribution in [2.75, 3.05) is 5.75 Å². The molecule has 0 unspecified atom stereocenters. The molecule has 2 heterocycles. The molecule has 0 bridgehead atoms. The lowest BCUT2D eigenvalue weighted by atomic mass is 10.1. The lowest BCUT2D eigenvalue weighted by Crippen LogP contribution is -2.43. The number of carbonyl (C=O) groups is 1. The monoisotopic (exact) mass is 454 g/mol. The minimum atomic E-state index is -3.34. The Morgan fingerprint density at radius 2 is 1.91 bits per heavy atom. The van der Waals surface area contributed by atoms with Crippen molar-refractivity contribution in [2.45, 2.75) is 12.6 Å². The SMILES string of the molecule is O=C(N[C@@H]1C=CS(=O)(=O)C1)c1ccc(-c2cccc(F)c2OCc2ccccc2)c[n+]1[O-]. The molecule has 0 spiro atoms. The van der Waals surface area contributed by atoms with Crippen LogP contribution in [-0.2, 0) is 16.4 Å². The first kappa shape index (κ1) is 21.5. The van der Waals surface area contributed by atoms with E-state index in [-0.39, 0.29) is 23.8 Å². The van der Waals surface area contributed by atoms with Gasteiger partial charge in [0, 0.05) is 17.0 Å². The maximum Gasteiger partial charge on any atom is 0.317 e. The highest BCUT2D eigenvalue weighted by molar-refractivity contribution is 7.94. The molecule has 164 valence electrons. The summed E-state index contributed by atoms with van der Waals surface area (Å²) in [4.78, 5) is 12.4. The number of hydrogen-bond donors (Lipinski definition) is 1. The predicted molar refractivity (Wildman–Crippen MR) is 116 cm³/mol. The zero-order chi connectivity index (χ0) is 22.7. The van der Waals surface area contributed by atoms with Gasteiger partial charge < -0.3 is 15.3 Å². The van der Waals surface area contributed by atoms with E-state index in [0.717, 1.165) is 17.2 Å². The van der Waals surface area contributed by atoms with Gasteiger partial charge in [-0.05, 0) is 23.8 Å². The number of para-hydroxylation sites is 1. The molecule has 1 aliphatic rings. The average molecular weight is 454 g/mol. The third kappa shape index (κ3) is 4.78. The van der Waals surface area contributed by atoms with Gasteiger partial charge in [-0.2, -0.15) is 4.73 Å². The highest BCUT2D eigenvalue weighted by Gasteiger charge is 2.26. The molecule has 0 radical (unpaired) electrons. The summed E-state index contributed by atoms with van der Waals surface area (Å²) >= 11 is 0. The molecule has 7 nitrogen and oxygen atoms in total. The molecule has 1 N–H and O–H groups in total. The van der Waals surface area contributed by atoms with Gasteiger partial charge in [0.1, 0.15) is 6.61 Å². The second-order valence-electron chi connectivity index (χ2n) is 7.26. The lowest BCUT2D eigenvalue weighted by molar-refractivity contribution is -0.607. The van der Waals surface area contributed by atoms with E-state index in [4.69, 9.17) is 4.74 Å². The molecule has 2 aromatic carbocycles. The number of nitrogens with zero attached hydrogens (tertiary/aromatic N) is 1. The summed E-state index contributed by atoms with van der Waals surface area (Å²) in [6.07, 6.45) is 2.51. The first-order valence-electron chi connectivity index (χ1n) is 9.73. The average Bonchev–Trinajstić information content (AvgIpc) is 3.11. The molecule has 32 heavy (non-hydrogen) atoms. The Labute approximate surface area is 184 Å². The van der Waals surface area contributed by atoms with Crippen LogP contribution < -0.4 is 14.8 Å². The van der Waals surface area contributed by atoms with Gasteiger partial charge >= 0.3 is 5.91 Å². The van der Waals surface area contributed by atoms with Crippen molar-refractivity contribution in [3.05, 3.63) is 101 Å². The van der Waals surface area contributed by atoms with Gasteiger partial charge in [-0.3, -0.25) is 4.79 Å². The number of amides is 1. The number of rotatable bonds is 6. The molecule has 1 amide bonds. The summed E-state index contributed by atoms with van der Waals surface area (Å²) in [5, 5.41) is 16.1. The van der Waals surface area contributed by atoms with Crippen LogP contribution in [0.1, 0.15) is 16.1 Å². The molecule has 1 aliphatic heterocycles. The van der Waals surface area contributed by atoms with Crippen LogP contribution in [0.3, 0.4) is 0 Å². The van der Waals surface area contributed by atoms with Gasteiger partial charge in [0.05, 0.1) is 17.4 Å². The van der Waals surface area contributed by atoms with Crippen LogP contribution in [0, 0.1) is 11.0 Å². The number of sulfone groups is 1. The molecule has 9 heteroatoms. The first-order chi connectivity index (χ1) is 15.3. The van der Waals surface area contributed by atoms with Gasteiger partial charge in [-0.1, -0.05) is 42.5 Å². The van der Waals surface area contributed by atoms with Crippen LogP contribution >= 0.6 is 0 Å². The summed E-state index contributed by atoms with van der Waals surface area (Å²) in [7, 11) is -3.34. The van der Waals surface area contributed by atoms with Crippen molar-refractivity contribution >= 4 is 15.7 Å². The number of aromatic nitrogens is 1. The summed E-state index contributed by atoms with van der Waals surface area (Å²) in [5.41, 5.74) is 1.37. The van der Waals surface area contributed by atoms with Crippen molar-refractivity contribution < 1.29 is 27.1 Å². The molecule has 0 fully saturated rings. The quantitative estimate of drug-likeness (QED) is 0.456. The fourth-order valence-corrected chi connectivity index (χ4v) is 4.57. The Morgan fingerprint density at radius 1 is 1.12 bits per heavy atom. The lowest BCUT2D eigenvalue weighted by Gasteiger charge is -2.14. The zero-order valence-electron chi connectivity index (χ0n) is 16.8. The first-order valence-corrected chi connectivity index (χ1v) is 11.4. The summed E-state index contributed by atoms with van der Waals surface area (Å²) in [5.74, 6) is -1.54. The third-order valence-electron chi connectivity index (χ3n) is 4.90. The Bertz CT molecular complexity index is 1290. The van der Waals surface area contributed by atoms with E-state index in [1.54, 1.807) is 6.07 Å². The van der Waals surface area contributed by atoms with Gasteiger partial charge in [0.2, 0.25) is 0 Å². The molecular formula is C23H19FN2O5S. The zero-order valence-corrected chi connectivity index (χ0v) is 17.6. The molecule has 1 atom stereocenters. The molecule has 0 aliphatic carbocycles. The van der Waals surface area contributed by atoms with E-state index in [9.17, 15) is 22.8 Å². The minimum absolute atomic E-state index is 0.00476. The number of ether oxygens (including phenoxy) is 1. The molecule has 1 aromatic heterocycles. The summed E-state index contributed by atoms with van der Waals surface area (Å²) < 4.78 is 43.5. The minimum Gasteiger partial charge on any atom is -0.618 e. The van der Waals surface area contributed by atoms with Crippen LogP contribution in [0.5, 0.6) is 5.75 Å². The van der Waals surface area contributed by atoms with Crippen molar-refractivity contribution in [3.8, 4) is 16.9 Å². The van der Waals surface area contributed by atoms with Crippen molar-refractivity contribution in [2.24, 2.45) is 0 Å². The van der Waals surface area contributed by atoms with E-state index in [0.29, 0.717) is 15.9 Å². The summed E-state index contributed by atoms with van der Waals surface area (Å²) in [6.45, 7) is 0.143. The molecule has 4 rings (SSSR count). The Hall–Kier alpha value is -3.72. The van der Waals surface area contributed by atoms with E-state index in [1.807, 2.05) is 30.3 Å². The van der Waals surface area contributed by atoms with Crippen LogP contribution in [0.25, 0.3) is 11.1 Å². The van der Waals surface area contributed by atoms with Crippen molar-refractivity contribution in [3.63, 3.8) is 0 Å². The Balaban J connectivity index is 1.56. The van der Waals surface area contributed by atoms with Crippen LogP contribution in [0.2, 0.25) is 0 Å². The van der Waals surface area contributed by atoms with Crippen LogP contribution in [0.15, 0.2) is 78.3 Å². The maximum absolute atomic E-state index is 14.5. The Morgan fingerprint density at radius 3 is 2.59 bits per heavy atom. The van der Waals surface area contributed by atoms with E-state index >= 15 is 0 Å². The van der Waals surface area contributed by atoms with Gasteiger partial charge in [-0.25, -0.2) is 12.8 Å². The standard InChI is InChI=1S/C23H19FN2O5S/c24-20-8-4-7-19(22(20)31-14-16-5-2-1-3-6-16)17-9-10-21(26(28)13-17)23(27)25-18-11-12-32(29,30)15-18/h1-13,18H,14-15H2,(H,25,27)/t18-/m1/s1. The fraction of sp³-hybridized carbons (Fsp3) is 0.130. The number of pyridine rings is 1. The molecule has 0 saturated carbocycles. The van der Waals surface area contributed by atoms with Crippen molar-refractivity contribution in [1.82, 2.24) is 5.32 Å². The Kier molecular flexibility index (Phi) is 5.91. The van der Waals surface area contributed by atoms with Gasteiger partial charge in [0.25, 0.3) is 5.69 Å². The molecule has 0 saturated heterocycles. The van der Waals surface area contributed by atoms with Crippen molar-refractivity contribution in [1.29, 1.82) is 0 Å². The highest BCUT2D eigenvalue weighted by atomic mass is 32.2. The maximum atomic E-state index is 14.5. The van der Waals surface area contributed by atoms with Gasteiger partial charge in [0.15, 0.2) is 27.6 Å².